The second-order valence-electron chi connectivity index (χ2n) is 13.1. The van der Waals surface area contributed by atoms with Gasteiger partial charge in [-0.1, -0.05) is 48.5 Å². The van der Waals surface area contributed by atoms with E-state index in [1.165, 1.54) is 36.1 Å². The molecule has 2 aliphatic rings. The summed E-state index contributed by atoms with van der Waals surface area (Å²) in [5.74, 6) is -5.49. The quantitative estimate of drug-likeness (QED) is 0.0633. The number of nitrogens with zero attached hydrogens (tertiary/aromatic N) is 2. The maximum Gasteiger partial charge on any atom is 0.290 e. The maximum absolute atomic E-state index is 14.0. The molecule has 0 aromatic heterocycles. The molecule has 0 radical (unpaired) electrons. The Morgan fingerprint density at radius 3 is 2.30 bits per heavy atom. The lowest BCUT2D eigenvalue weighted by atomic mass is 10.0. The number of benzene rings is 2. The van der Waals surface area contributed by atoms with Gasteiger partial charge in [0.2, 0.25) is 35.3 Å². The van der Waals surface area contributed by atoms with Gasteiger partial charge in [0, 0.05) is 39.1 Å². The minimum Gasteiger partial charge on any atom is -0.508 e. The molecule has 1 saturated heterocycles. The fourth-order valence-electron chi connectivity index (χ4n) is 6.24. The van der Waals surface area contributed by atoms with Crippen LogP contribution in [0.2, 0.25) is 0 Å². The van der Waals surface area contributed by atoms with Gasteiger partial charge in [-0.25, -0.2) is 0 Å². The molecule has 1 unspecified atom stereocenters. The van der Waals surface area contributed by atoms with Crippen LogP contribution in [0.4, 0.5) is 0 Å². The van der Waals surface area contributed by atoms with E-state index in [1.54, 1.807) is 42.5 Å². The fraction of sp³-hybridized carbons (Fsp3) is 0.405. The van der Waals surface area contributed by atoms with E-state index < -0.39 is 71.4 Å². The highest BCUT2D eigenvalue weighted by atomic mass is 16.3. The standard InChI is InChI=1S/C37H47N9O8/c1-22(47)42-29-21-41-31(49)16-13-25(19-24-11-14-26(48)15-12-24)43-33(51)28(20-23-7-3-2-4-8-23)45-35(53)32(50)27(9-5-17-40-37(38)39)44-34(52)30-10-6-18-46(30)36(29)54/h2-4,7-8,11-16,25,27-30,48H,5-6,9-10,17-21H2,1H3,(H,41,49)(H,42,47)(H,43,51)(H,44,52)(H,45,53)(H4,38,39,40)/b16-13+/t25-,27?,28+,29-,30-/m0/s1. The van der Waals surface area contributed by atoms with Crippen LogP contribution in [0.3, 0.4) is 0 Å². The topological polar surface area (TPSA) is 268 Å². The smallest absolute Gasteiger partial charge is 0.290 e. The molecule has 5 atom stereocenters. The van der Waals surface area contributed by atoms with Crippen molar-refractivity contribution >= 4 is 47.2 Å². The van der Waals surface area contributed by atoms with Gasteiger partial charge < -0.3 is 48.1 Å². The first-order valence-electron chi connectivity index (χ1n) is 17.7. The molecule has 17 nitrogen and oxygen atoms in total. The Balaban J connectivity index is 1.72. The zero-order valence-electron chi connectivity index (χ0n) is 30.0. The number of hydrogen-bond acceptors (Lipinski definition) is 9. The molecule has 2 heterocycles. The lowest BCUT2D eigenvalue weighted by Gasteiger charge is -2.29. The molecule has 2 aromatic carbocycles. The first-order valence-corrected chi connectivity index (χ1v) is 17.7. The van der Waals surface area contributed by atoms with Gasteiger partial charge in [-0.2, -0.15) is 0 Å². The number of nitrogens with two attached hydrogens (primary N) is 2. The van der Waals surface area contributed by atoms with Gasteiger partial charge in [0.1, 0.15) is 23.9 Å². The molecule has 0 spiro atoms. The number of carbonyl (C=O) groups excluding carboxylic acids is 7. The summed E-state index contributed by atoms with van der Waals surface area (Å²) in [6.45, 7) is 1.16. The van der Waals surface area contributed by atoms with Crippen LogP contribution in [0.15, 0.2) is 71.7 Å². The lowest BCUT2D eigenvalue weighted by molar-refractivity contribution is -0.144. The highest BCUT2D eigenvalue weighted by Crippen LogP contribution is 2.20. The number of aromatic hydroxyl groups is 1. The predicted octanol–water partition coefficient (Wildman–Crippen LogP) is -1.56. The Hall–Kier alpha value is -6.26. The normalized spacial score (nSPS) is 23.6. The van der Waals surface area contributed by atoms with E-state index in [4.69, 9.17) is 11.5 Å². The van der Waals surface area contributed by atoms with Gasteiger partial charge in [0.15, 0.2) is 5.96 Å². The summed E-state index contributed by atoms with van der Waals surface area (Å²) in [6, 6.07) is 9.29. The first-order chi connectivity index (χ1) is 25.8. The molecule has 10 N–H and O–H groups in total. The van der Waals surface area contributed by atoms with Crippen LogP contribution in [-0.4, -0.2) is 107 Å². The Bertz CT molecular complexity index is 1750. The number of nitrogens with one attached hydrogen (secondary N) is 5. The molecule has 2 aromatic rings. The van der Waals surface area contributed by atoms with Crippen LogP contribution in [-0.2, 0) is 46.4 Å². The molecule has 0 saturated carbocycles. The molecule has 17 heteroatoms. The van der Waals surface area contributed by atoms with E-state index >= 15 is 0 Å². The van der Waals surface area contributed by atoms with Gasteiger partial charge in [-0.3, -0.25) is 38.6 Å². The maximum atomic E-state index is 14.0. The molecular weight excluding hydrogens is 698 g/mol. The third-order valence-electron chi connectivity index (χ3n) is 8.90. The van der Waals surface area contributed by atoms with Crippen LogP contribution in [0.25, 0.3) is 0 Å². The van der Waals surface area contributed by atoms with Crippen LogP contribution in [0, 0.1) is 0 Å². The van der Waals surface area contributed by atoms with E-state index in [1.807, 2.05) is 0 Å². The van der Waals surface area contributed by atoms with Gasteiger partial charge in [0.25, 0.3) is 5.91 Å². The predicted molar refractivity (Wildman–Crippen MR) is 197 cm³/mol. The Morgan fingerprint density at radius 1 is 0.907 bits per heavy atom. The number of ketones is 1. The number of aliphatic imine (C=N–C) groups is 1. The number of amides is 6. The van der Waals surface area contributed by atoms with Crippen LogP contribution in [0.1, 0.15) is 43.7 Å². The van der Waals surface area contributed by atoms with Gasteiger partial charge >= 0.3 is 0 Å². The van der Waals surface area contributed by atoms with Crippen molar-refractivity contribution in [3.8, 4) is 5.75 Å². The van der Waals surface area contributed by atoms with Crippen molar-refractivity contribution in [1.82, 2.24) is 31.5 Å². The summed E-state index contributed by atoms with van der Waals surface area (Å²) >= 11 is 0. The van der Waals surface area contributed by atoms with Gasteiger partial charge in [0.05, 0.1) is 12.1 Å². The van der Waals surface area contributed by atoms with E-state index in [9.17, 15) is 38.7 Å². The summed E-state index contributed by atoms with van der Waals surface area (Å²) < 4.78 is 0. The Labute approximate surface area is 312 Å². The average molecular weight is 746 g/mol. The van der Waals surface area contributed by atoms with E-state index in [2.05, 4.69) is 31.6 Å². The zero-order chi connectivity index (χ0) is 39.2. The number of Topliss-reactive ketones (excluding diaryl/α,β-unsaturated/α-hetero) is 1. The highest BCUT2D eigenvalue weighted by Gasteiger charge is 2.40. The molecule has 4 rings (SSSR count). The van der Waals surface area contributed by atoms with E-state index in [0.717, 1.165) is 0 Å². The third-order valence-corrected chi connectivity index (χ3v) is 8.90. The molecule has 6 amide bonds. The largest absolute Gasteiger partial charge is 0.508 e. The van der Waals surface area contributed by atoms with E-state index in [0.29, 0.717) is 17.5 Å². The monoisotopic (exact) mass is 745 g/mol. The van der Waals surface area contributed by atoms with Crippen molar-refractivity contribution in [3.63, 3.8) is 0 Å². The van der Waals surface area contributed by atoms with Gasteiger partial charge in [-0.05, 0) is 55.4 Å². The van der Waals surface area contributed by atoms with Crippen molar-refractivity contribution in [2.75, 3.05) is 19.6 Å². The number of carbonyl (C=O) groups is 7. The fourth-order valence-corrected chi connectivity index (χ4v) is 6.24. The number of hydrogen-bond donors (Lipinski definition) is 8. The van der Waals surface area contributed by atoms with Crippen molar-refractivity contribution < 1.29 is 38.7 Å². The minimum atomic E-state index is -1.37. The number of phenolic OH excluding ortho intramolecular Hbond substituents is 1. The van der Waals surface area contributed by atoms with Crippen molar-refractivity contribution in [2.24, 2.45) is 16.5 Å². The van der Waals surface area contributed by atoms with Crippen molar-refractivity contribution in [2.45, 2.75) is 75.7 Å². The van der Waals surface area contributed by atoms with Crippen molar-refractivity contribution in [3.05, 3.63) is 77.9 Å². The summed E-state index contributed by atoms with van der Waals surface area (Å²) in [5.41, 5.74) is 12.2. The molecular formula is C37H47N9O8. The molecule has 0 bridgehead atoms. The molecule has 1 fully saturated rings. The second-order valence-corrected chi connectivity index (χ2v) is 13.1. The number of phenols is 1. The second kappa shape index (κ2) is 19.5. The molecule has 0 aliphatic carbocycles. The van der Waals surface area contributed by atoms with Crippen LogP contribution in [0.5, 0.6) is 5.75 Å². The molecule has 288 valence electrons. The van der Waals surface area contributed by atoms with Crippen LogP contribution < -0.4 is 38.1 Å². The Morgan fingerprint density at radius 2 is 1.61 bits per heavy atom. The van der Waals surface area contributed by atoms with Crippen molar-refractivity contribution in [1.29, 1.82) is 0 Å². The zero-order valence-corrected chi connectivity index (χ0v) is 30.0. The van der Waals surface area contributed by atoms with Crippen LogP contribution >= 0.6 is 0 Å². The minimum absolute atomic E-state index is 0.00692. The summed E-state index contributed by atoms with van der Waals surface area (Å²) in [6.07, 6.45) is 3.57. The molecule has 2 aliphatic heterocycles. The first kappa shape index (κ1) is 40.5. The SMILES string of the molecule is CC(=O)N[C@H]1CNC(=O)/C=C/[C@@H](Cc2ccc(O)cc2)NC(=O)[C@@H](Cc2ccccc2)NC(=O)C(=O)C(CCCN=C(N)N)NC(=O)[C@@H]2CCCN2C1=O. The summed E-state index contributed by atoms with van der Waals surface area (Å²) in [7, 11) is 0. The highest BCUT2D eigenvalue weighted by molar-refractivity contribution is 6.38. The van der Waals surface area contributed by atoms with E-state index in [-0.39, 0.29) is 63.4 Å². The summed E-state index contributed by atoms with van der Waals surface area (Å²) in [5, 5.41) is 22.9. The number of fused-ring (bicyclic) bond motifs is 1. The Kier molecular flexibility index (Phi) is 14.7. The third kappa shape index (κ3) is 12.2. The average Bonchev–Trinajstić information content (AvgIpc) is 3.64. The molecule has 54 heavy (non-hydrogen) atoms. The van der Waals surface area contributed by atoms with Gasteiger partial charge in [-0.15, -0.1) is 0 Å². The summed E-state index contributed by atoms with van der Waals surface area (Å²) in [4.78, 5) is 99.3. The lowest BCUT2D eigenvalue weighted by Crippen LogP contribution is -2.58. The number of rotatable bonds is 9. The number of guanidine groups is 1.